The Kier molecular flexibility index (Phi) is 4.38. The zero-order valence-corrected chi connectivity index (χ0v) is 13.1. The van der Waals surface area contributed by atoms with Gasteiger partial charge in [0.25, 0.3) is 5.91 Å². The molecule has 0 unspecified atom stereocenters. The molecule has 0 saturated carbocycles. The first-order valence-electron chi connectivity index (χ1n) is 7.42. The quantitative estimate of drug-likeness (QED) is 0.189. The number of nitrogens with two attached hydrogens (primary N) is 1. The molecule has 0 atom stereocenters. The zero-order valence-electron chi connectivity index (χ0n) is 13.1. The summed E-state index contributed by atoms with van der Waals surface area (Å²) in [7, 11) is 0. The van der Waals surface area contributed by atoms with Gasteiger partial charge in [0.05, 0.1) is 0 Å². The molecule has 7 nitrogen and oxygen atoms in total. The molecule has 0 saturated heterocycles. The molecular weight excluding hydrogens is 318 g/mol. The van der Waals surface area contributed by atoms with Gasteiger partial charge in [0.15, 0.2) is 0 Å². The summed E-state index contributed by atoms with van der Waals surface area (Å²) in [6, 6.07) is 17.9. The van der Waals surface area contributed by atoms with E-state index in [1.54, 1.807) is 24.3 Å². The van der Waals surface area contributed by atoms with Crippen LogP contribution < -0.4 is 11.2 Å². The van der Waals surface area contributed by atoms with Gasteiger partial charge in [-0.25, -0.2) is 0 Å². The van der Waals surface area contributed by atoms with Crippen molar-refractivity contribution in [2.45, 2.75) is 0 Å². The van der Waals surface area contributed by atoms with Crippen LogP contribution in [0.3, 0.4) is 0 Å². The predicted molar refractivity (Wildman–Crippen MR) is 95.3 cm³/mol. The second kappa shape index (κ2) is 6.79. The van der Waals surface area contributed by atoms with Gasteiger partial charge in [-0.2, -0.15) is 0 Å². The Labute approximate surface area is 143 Å². The number of aromatic hydroxyl groups is 1. The van der Waals surface area contributed by atoms with Crippen LogP contribution >= 0.6 is 0 Å². The summed E-state index contributed by atoms with van der Waals surface area (Å²) < 4.78 is 0. The molecule has 0 bridgehead atoms. The second-order valence-electron chi connectivity index (χ2n) is 5.28. The van der Waals surface area contributed by atoms with Crippen molar-refractivity contribution in [1.29, 1.82) is 5.41 Å². The summed E-state index contributed by atoms with van der Waals surface area (Å²) in [5.41, 5.74) is 1.84. The summed E-state index contributed by atoms with van der Waals surface area (Å²) >= 11 is 0. The number of hydrogen-bond acceptors (Lipinski definition) is 4. The van der Waals surface area contributed by atoms with Gasteiger partial charge in [0, 0.05) is 11.1 Å². The highest BCUT2D eigenvalue weighted by atomic mass is 16.3. The van der Waals surface area contributed by atoms with Crippen LogP contribution in [0.5, 0.6) is 5.75 Å². The smallest absolute Gasteiger partial charge is 0.258 e. The molecule has 3 aromatic carbocycles. The van der Waals surface area contributed by atoms with E-state index in [9.17, 15) is 9.90 Å². The molecule has 0 aliphatic heterocycles. The number of para-hydroxylation sites is 1. The minimum Gasteiger partial charge on any atom is -0.507 e. The van der Waals surface area contributed by atoms with Crippen LogP contribution in [0.15, 0.2) is 71.0 Å². The van der Waals surface area contributed by atoms with Crippen LogP contribution in [-0.4, -0.2) is 17.0 Å². The Balaban J connectivity index is 2.08. The van der Waals surface area contributed by atoms with Crippen LogP contribution in [0.25, 0.3) is 21.9 Å². The van der Waals surface area contributed by atoms with Gasteiger partial charge in [0.2, 0.25) is 5.96 Å². The highest BCUT2D eigenvalue weighted by Gasteiger charge is 2.12. The lowest BCUT2D eigenvalue weighted by Crippen LogP contribution is -2.28. The lowest BCUT2D eigenvalue weighted by atomic mass is 9.96. The van der Waals surface area contributed by atoms with Gasteiger partial charge in [-0.1, -0.05) is 52.8 Å². The van der Waals surface area contributed by atoms with E-state index in [2.05, 4.69) is 15.7 Å². The highest BCUT2D eigenvalue weighted by Crippen LogP contribution is 2.34. The molecular formula is C18H15N5O2. The molecule has 3 rings (SSSR count). The SMILES string of the molecule is N=C(N=NN)NC(=O)c1ccc2cccc(-c3ccccc3O)c2c1. The van der Waals surface area contributed by atoms with Gasteiger partial charge in [0.1, 0.15) is 5.75 Å². The number of carbonyl (C=O) groups excluding carboxylic acids is 1. The molecule has 1 amide bonds. The van der Waals surface area contributed by atoms with Crippen molar-refractivity contribution in [1.82, 2.24) is 5.32 Å². The first kappa shape index (κ1) is 16.1. The van der Waals surface area contributed by atoms with Crippen LogP contribution in [0.1, 0.15) is 10.4 Å². The van der Waals surface area contributed by atoms with Crippen LogP contribution in [0.4, 0.5) is 0 Å². The maximum absolute atomic E-state index is 12.2. The molecule has 7 heteroatoms. The van der Waals surface area contributed by atoms with E-state index in [0.717, 1.165) is 16.3 Å². The van der Waals surface area contributed by atoms with Crippen molar-refractivity contribution in [2.24, 2.45) is 16.2 Å². The van der Waals surface area contributed by atoms with Crippen LogP contribution in [0, 0.1) is 5.41 Å². The molecule has 0 aliphatic rings. The molecule has 3 aromatic rings. The maximum Gasteiger partial charge on any atom is 0.258 e. The Morgan fingerprint density at radius 1 is 1.04 bits per heavy atom. The van der Waals surface area contributed by atoms with E-state index in [0.29, 0.717) is 11.1 Å². The van der Waals surface area contributed by atoms with Gasteiger partial charge in [-0.15, -0.1) is 0 Å². The lowest BCUT2D eigenvalue weighted by molar-refractivity contribution is 0.0976. The Bertz CT molecular complexity index is 998. The van der Waals surface area contributed by atoms with Gasteiger partial charge < -0.3 is 10.9 Å². The zero-order chi connectivity index (χ0) is 17.8. The third-order valence-corrected chi connectivity index (χ3v) is 3.73. The van der Waals surface area contributed by atoms with Crippen molar-refractivity contribution in [3.63, 3.8) is 0 Å². The van der Waals surface area contributed by atoms with E-state index in [1.807, 2.05) is 36.4 Å². The maximum atomic E-state index is 12.2. The molecule has 124 valence electrons. The van der Waals surface area contributed by atoms with E-state index in [-0.39, 0.29) is 5.75 Å². The van der Waals surface area contributed by atoms with E-state index in [4.69, 9.17) is 11.3 Å². The number of nitrogens with one attached hydrogen (secondary N) is 2. The monoisotopic (exact) mass is 333 g/mol. The molecule has 25 heavy (non-hydrogen) atoms. The van der Waals surface area contributed by atoms with Gasteiger partial charge in [-0.05, 0) is 34.5 Å². The summed E-state index contributed by atoms with van der Waals surface area (Å²) in [6.07, 6.45) is 0. The number of fused-ring (bicyclic) bond motifs is 1. The van der Waals surface area contributed by atoms with E-state index >= 15 is 0 Å². The molecule has 0 aliphatic carbocycles. The average Bonchev–Trinajstić information content (AvgIpc) is 2.61. The predicted octanol–water partition coefficient (Wildman–Crippen LogP) is 3.20. The standard InChI is InChI=1S/C18H15N5O2/c19-18(22-23-20)21-17(25)12-9-8-11-4-3-6-13(15(11)10-12)14-5-1-2-7-16(14)24/h1-10,24H,(H4,19,20,21,22,25). The van der Waals surface area contributed by atoms with Gasteiger partial charge in [-0.3, -0.25) is 15.5 Å². The third-order valence-electron chi connectivity index (χ3n) is 3.73. The van der Waals surface area contributed by atoms with E-state index < -0.39 is 11.9 Å². The minimum absolute atomic E-state index is 0.162. The Hall–Kier alpha value is -3.74. The molecule has 0 radical (unpaired) electrons. The summed E-state index contributed by atoms with van der Waals surface area (Å²) in [5, 5.41) is 27.8. The molecule has 0 fully saturated rings. The summed E-state index contributed by atoms with van der Waals surface area (Å²) in [4.78, 5) is 12.2. The summed E-state index contributed by atoms with van der Waals surface area (Å²) in [6.45, 7) is 0. The molecule has 0 heterocycles. The van der Waals surface area contributed by atoms with Crippen molar-refractivity contribution < 1.29 is 9.90 Å². The van der Waals surface area contributed by atoms with E-state index in [1.165, 1.54) is 0 Å². The van der Waals surface area contributed by atoms with Crippen molar-refractivity contribution in [3.8, 4) is 16.9 Å². The number of hydrogen-bond donors (Lipinski definition) is 4. The van der Waals surface area contributed by atoms with Crippen LogP contribution in [-0.2, 0) is 0 Å². The molecule has 0 aromatic heterocycles. The first-order chi connectivity index (χ1) is 12.1. The number of phenolic OH excluding ortho intramolecular Hbond substituents is 1. The fourth-order valence-corrected chi connectivity index (χ4v) is 2.61. The lowest BCUT2D eigenvalue weighted by Gasteiger charge is -2.10. The second-order valence-corrected chi connectivity index (χ2v) is 5.28. The van der Waals surface area contributed by atoms with Crippen molar-refractivity contribution >= 4 is 22.6 Å². The number of phenols is 1. The molecule has 0 spiro atoms. The third kappa shape index (κ3) is 3.30. The Morgan fingerprint density at radius 2 is 1.80 bits per heavy atom. The first-order valence-corrected chi connectivity index (χ1v) is 7.42. The largest absolute Gasteiger partial charge is 0.507 e. The highest BCUT2D eigenvalue weighted by molar-refractivity contribution is 6.08. The van der Waals surface area contributed by atoms with Crippen LogP contribution in [0.2, 0.25) is 0 Å². The normalized spacial score (nSPS) is 10.9. The van der Waals surface area contributed by atoms with Crippen molar-refractivity contribution in [3.05, 3.63) is 66.2 Å². The molecule has 5 N–H and O–H groups in total. The van der Waals surface area contributed by atoms with Gasteiger partial charge >= 0.3 is 0 Å². The topological polar surface area (TPSA) is 124 Å². The number of benzene rings is 3. The number of nitrogens with zero attached hydrogens (tertiary/aromatic N) is 2. The fourth-order valence-electron chi connectivity index (χ4n) is 2.61. The number of guanidine groups is 1. The number of amides is 1. The number of rotatable bonds is 2. The number of carbonyl (C=O) groups is 1. The fraction of sp³-hybridized carbons (Fsp3) is 0. The average molecular weight is 333 g/mol. The van der Waals surface area contributed by atoms with Crippen molar-refractivity contribution in [2.75, 3.05) is 0 Å². The summed E-state index contributed by atoms with van der Waals surface area (Å²) in [5.74, 6) is 4.08. The minimum atomic E-state index is -0.494. The Morgan fingerprint density at radius 3 is 2.56 bits per heavy atom.